The Bertz CT molecular complexity index is 1680. The van der Waals surface area contributed by atoms with Crippen LogP contribution in [0.1, 0.15) is 28.8 Å². The predicted octanol–water partition coefficient (Wildman–Crippen LogP) is 3.77. The molecule has 6 rings (SSSR count). The van der Waals surface area contributed by atoms with Gasteiger partial charge in [0.15, 0.2) is 5.65 Å². The number of benzene rings is 2. The van der Waals surface area contributed by atoms with Crippen molar-refractivity contribution in [3.05, 3.63) is 83.9 Å². The topological polar surface area (TPSA) is 113 Å². The molecule has 0 bridgehead atoms. The number of nitrogens with zero attached hydrogens (tertiary/aromatic N) is 7. The van der Waals surface area contributed by atoms with Gasteiger partial charge in [0, 0.05) is 30.4 Å². The van der Waals surface area contributed by atoms with E-state index in [2.05, 4.69) is 31.7 Å². The molecule has 1 amide bonds. The van der Waals surface area contributed by atoms with E-state index in [0.29, 0.717) is 40.2 Å². The van der Waals surface area contributed by atoms with E-state index in [4.69, 9.17) is 0 Å². The van der Waals surface area contributed by atoms with Gasteiger partial charge in [-0.2, -0.15) is 9.94 Å². The smallest absolute Gasteiger partial charge is 0.262 e. The van der Waals surface area contributed by atoms with E-state index in [9.17, 15) is 10.1 Å². The second-order valence-corrected chi connectivity index (χ2v) is 8.84. The number of aromatic nitrogens is 5. The molecule has 10 heteroatoms. The van der Waals surface area contributed by atoms with Gasteiger partial charge in [-0.3, -0.25) is 9.69 Å². The monoisotopic (exact) mass is 492 g/mol. The van der Waals surface area contributed by atoms with Gasteiger partial charge >= 0.3 is 0 Å². The Hall–Kier alpha value is -4.75. The summed E-state index contributed by atoms with van der Waals surface area (Å²) in [5, 5.41) is 22.6. The van der Waals surface area contributed by atoms with Gasteiger partial charge in [-0.25, -0.2) is 14.4 Å². The molecule has 0 aliphatic carbocycles. The number of nitrogens with one attached hydrogen (secondary N) is 1. The lowest BCUT2D eigenvalue weighted by Crippen LogP contribution is -2.49. The zero-order chi connectivity index (χ0) is 25.4. The summed E-state index contributed by atoms with van der Waals surface area (Å²) in [6.07, 6.45) is 4.80. The van der Waals surface area contributed by atoms with Crippen LogP contribution in [0.4, 0.5) is 10.2 Å². The number of anilines is 1. The summed E-state index contributed by atoms with van der Waals surface area (Å²) < 4.78 is 17.0. The summed E-state index contributed by atoms with van der Waals surface area (Å²) in [5.41, 5.74) is 1.77. The molecule has 1 aliphatic rings. The third kappa shape index (κ3) is 3.95. The standard InChI is InChI=1S/C27H21FN8O/c28-22-14-19(36-25-23(33-34-36)7-3-12-31-25)8-9-21(22)27(37)35(20-6-2-11-30-16-20)26-24-17(10-13-32-26)4-1-5-18(24)15-29/h1,3-5,7-10,12-14,20,30H,2,6,11,16H2/t20-/m1/s1. The Kier molecular flexibility index (Phi) is 5.75. The molecule has 0 spiro atoms. The van der Waals surface area contributed by atoms with Crippen molar-refractivity contribution in [2.75, 3.05) is 18.0 Å². The van der Waals surface area contributed by atoms with E-state index in [-0.39, 0.29) is 11.6 Å². The van der Waals surface area contributed by atoms with Crippen molar-refractivity contribution >= 4 is 33.7 Å². The van der Waals surface area contributed by atoms with Crippen LogP contribution in [0.15, 0.2) is 67.0 Å². The highest BCUT2D eigenvalue weighted by molar-refractivity contribution is 6.11. The van der Waals surface area contributed by atoms with Crippen molar-refractivity contribution in [2.45, 2.75) is 18.9 Å². The summed E-state index contributed by atoms with van der Waals surface area (Å²) in [5.74, 6) is -0.869. The average Bonchev–Trinajstić information content (AvgIpc) is 3.37. The summed E-state index contributed by atoms with van der Waals surface area (Å²) in [6, 6.07) is 16.9. The van der Waals surface area contributed by atoms with Crippen molar-refractivity contribution < 1.29 is 9.18 Å². The molecule has 9 nitrogen and oxygen atoms in total. The second-order valence-electron chi connectivity index (χ2n) is 8.84. The zero-order valence-corrected chi connectivity index (χ0v) is 19.7. The van der Waals surface area contributed by atoms with Crippen LogP contribution < -0.4 is 10.2 Å². The third-order valence-corrected chi connectivity index (χ3v) is 6.61. The minimum absolute atomic E-state index is 0.0973. The SMILES string of the molecule is N#Cc1cccc2ccnc(N(C(=O)c3ccc(-n4nnc5cccnc54)cc3F)[C@@H]3CCCNC3)c12. The minimum Gasteiger partial charge on any atom is -0.315 e. The number of amides is 1. The van der Waals surface area contributed by atoms with Gasteiger partial charge in [-0.15, -0.1) is 5.10 Å². The first-order valence-corrected chi connectivity index (χ1v) is 11.9. The van der Waals surface area contributed by atoms with Crippen molar-refractivity contribution in [1.29, 1.82) is 5.26 Å². The van der Waals surface area contributed by atoms with Crippen LogP contribution in [-0.2, 0) is 0 Å². The molecule has 1 aliphatic heterocycles. The van der Waals surface area contributed by atoms with Crippen LogP contribution in [0, 0.1) is 17.1 Å². The number of fused-ring (bicyclic) bond motifs is 2. The van der Waals surface area contributed by atoms with Crippen LogP contribution >= 0.6 is 0 Å². The van der Waals surface area contributed by atoms with Gasteiger partial charge in [0.05, 0.1) is 28.9 Å². The van der Waals surface area contributed by atoms with Crippen molar-refractivity contribution in [2.24, 2.45) is 0 Å². The number of carbonyl (C=O) groups excluding carboxylic acids is 1. The van der Waals surface area contributed by atoms with E-state index in [1.165, 1.54) is 16.8 Å². The number of halogens is 1. The number of piperidine rings is 1. The normalized spacial score (nSPS) is 15.5. The molecule has 0 unspecified atom stereocenters. The lowest BCUT2D eigenvalue weighted by atomic mass is 10.0. The quantitative estimate of drug-likeness (QED) is 0.406. The van der Waals surface area contributed by atoms with Gasteiger partial charge in [-0.05, 0) is 61.2 Å². The first-order chi connectivity index (χ1) is 18.2. The molecule has 3 aromatic heterocycles. The molecule has 2 aromatic carbocycles. The van der Waals surface area contributed by atoms with E-state index >= 15 is 4.39 Å². The highest BCUT2D eigenvalue weighted by Gasteiger charge is 2.32. The molecular weight excluding hydrogens is 471 g/mol. The molecule has 0 radical (unpaired) electrons. The summed E-state index contributed by atoms with van der Waals surface area (Å²) in [6.45, 7) is 1.38. The van der Waals surface area contributed by atoms with E-state index in [1.54, 1.807) is 53.7 Å². The maximum absolute atomic E-state index is 15.6. The summed E-state index contributed by atoms with van der Waals surface area (Å²) in [7, 11) is 0. The fourth-order valence-corrected chi connectivity index (χ4v) is 4.85. The molecule has 1 saturated heterocycles. The average molecular weight is 493 g/mol. The number of hydrogen-bond acceptors (Lipinski definition) is 7. The number of rotatable bonds is 4. The fraction of sp³-hybridized carbons (Fsp3) is 0.185. The van der Waals surface area contributed by atoms with E-state index in [1.807, 2.05) is 6.07 Å². The third-order valence-electron chi connectivity index (χ3n) is 6.61. The Balaban J connectivity index is 1.46. The largest absolute Gasteiger partial charge is 0.315 e. The fourth-order valence-electron chi connectivity index (χ4n) is 4.85. The van der Waals surface area contributed by atoms with Gasteiger partial charge in [0.25, 0.3) is 5.91 Å². The predicted molar refractivity (Wildman–Crippen MR) is 136 cm³/mol. The lowest BCUT2D eigenvalue weighted by molar-refractivity contribution is 0.0968. The van der Waals surface area contributed by atoms with Crippen molar-refractivity contribution in [3.63, 3.8) is 0 Å². The Morgan fingerprint density at radius 3 is 2.86 bits per heavy atom. The number of pyridine rings is 2. The maximum Gasteiger partial charge on any atom is 0.262 e. The second kappa shape index (κ2) is 9.37. The van der Waals surface area contributed by atoms with Crippen molar-refractivity contribution in [1.82, 2.24) is 30.3 Å². The number of carbonyl (C=O) groups is 1. The molecule has 5 aromatic rings. The first-order valence-electron chi connectivity index (χ1n) is 11.9. The van der Waals surface area contributed by atoms with Crippen LogP contribution in [-0.4, -0.2) is 50.0 Å². The molecule has 182 valence electrons. The van der Waals surface area contributed by atoms with Crippen molar-refractivity contribution in [3.8, 4) is 11.8 Å². The molecule has 1 atom stereocenters. The van der Waals surface area contributed by atoms with E-state index < -0.39 is 11.7 Å². The Morgan fingerprint density at radius 2 is 2.05 bits per heavy atom. The maximum atomic E-state index is 15.6. The first kappa shape index (κ1) is 22.7. The Labute approximate surface area is 211 Å². The van der Waals surface area contributed by atoms with Gasteiger partial charge in [0.1, 0.15) is 17.2 Å². The highest BCUT2D eigenvalue weighted by atomic mass is 19.1. The molecular formula is C27H21FN8O. The lowest BCUT2D eigenvalue weighted by Gasteiger charge is -2.34. The van der Waals surface area contributed by atoms with E-state index in [0.717, 1.165) is 24.8 Å². The van der Waals surface area contributed by atoms with Crippen LogP contribution in [0.5, 0.6) is 0 Å². The van der Waals surface area contributed by atoms with Gasteiger partial charge in [-0.1, -0.05) is 17.3 Å². The van der Waals surface area contributed by atoms with Crippen LogP contribution in [0.25, 0.3) is 27.6 Å². The van der Waals surface area contributed by atoms with Gasteiger partial charge < -0.3 is 5.32 Å². The highest BCUT2D eigenvalue weighted by Crippen LogP contribution is 2.32. The molecule has 4 heterocycles. The molecule has 1 fully saturated rings. The van der Waals surface area contributed by atoms with Crippen LogP contribution in [0.3, 0.4) is 0 Å². The number of nitriles is 1. The molecule has 37 heavy (non-hydrogen) atoms. The van der Waals surface area contributed by atoms with Crippen LogP contribution in [0.2, 0.25) is 0 Å². The molecule has 0 saturated carbocycles. The minimum atomic E-state index is -0.698. The summed E-state index contributed by atoms with van der Waals surface area (Å²) >= 11 is 0. The Morgan fingerprint density at radius 1 is 1.14 bits per heavy atom. The molecule has 1 N–H and O–H groups in total. The number of hydrogen-bond donors (Lipinski definition) is 1. The zero-order valence-electron chi connectivity index (χ0n) is 19.7. The van der Waals surface area contributed by atoms with Gasteiger partial charge in [0.2, 0.25) is 0 Å². The summed E-state index contributed by atoms with van der Waals surface area (Å²) in [4.78, 5) is 24.4.